The van der Waals surface area contributed by atoms with E-state index in [2.05, 4.69) is 24.5 Å². The van der Waals surface area contributed by atoms with Crippen LogP contribution in [0, 0.1) is 11.8 Å². The molecule has 0 heterocycles. The van der Waals surface area contributed by atoms with Gasteiger partial charge in [-0.25, -0.2) is 0 Å². The number of rotatable bonds is 3. The highest BCUT2D eigenvalue weighted by Crippen LogP contribution is 2.29. The fourth-order valence-electron chi connectivity index (χ4n) is 2.98. The molecule has 0 aliphatic heterocycles. The lowest BCUT2D eigenvalue weighted by Crippen LogP contribution is -2.43. The van der Waals surface area contributed by atoms with E-state index >= 15 is 0 Å². The van der Waals surface area contributed by atoms with Gasteiger partial charge in [-0.2, -0.15) is 0 Å². The summed E-state index contributed by atoms with van der Waals surface area (Å²) in [6.07, 6.45) is 3.45. The van der Waals surface area contributed by atoms with Gasteiger partial charge in [0.1, 0.15) is 0 Å². The first-order valence-electron chi connectivity index (χ1n) is 7.66. The molecule has 0 bridgehead atoms. The summed E-state index contributed by atoms with van der Waals surface area (Å²) in [5.74, 6) is 0.950. The molecule has 0 saturated heterocycles. The topological polar surface area (TPSA) is 58.2 Å². The maximum atomic E-state index is 12.4. The highest BCUT2D eigenvalue weighted by molar-refractivity contribution is 5.96. The summed E-state index contributed by atoms with van der Waals surface area (Å²) < 4.78 is 0. The Morgan fingerprint density at radius 3 is 2.67 bits per heavy atom. The second-order valence-electron chi connectivity index (χ2n) is 6.11. The van der Waals surface area contributed by atoms with E-state index < -0.39 is 0 Å². The van der Waals surface area contributed by atoms with E-state index in [1.54, 1.807) is 24.3 Å². The molecule has 21 heavy (non-hydrogen) atoms. The standard InChI is InChI=1S/C17H24N2O2/c1-11-6-4-9-16(12(11)2)19-17(21)14-7-5-8-15(10-14)18-13(3)20/h5,7-8,10-12,16H,4,6,9H2,1-3H3,(H,18,20)(H,19,21). The summed E-state index contributed by atoms with van der Waals surface area (Å²) in [5.41, 5.74) is 1.24. The molecule has 0 aromatic heterocycles. The zero-order chi connectivity index (χ0) is 15.4. The predicted molar refractivity (Wildman–Crippen MR) is 84.2 cm³/mol. The number of hydrogen-bond donors (Lipinski definition) is 2. The minimum Gasteiger partial charge on any atom is -0.349 e. The Labute approximate surface area is 126 Å². The molecule has 114 valence electrons. The van der Waals surface area contributed by atoms with E-state index in [0.29, 0.717) is 23.1 Å². The van der Waals surface area contributed by atoms with Crippen molar-refractivity contribution in [3.63, 3.8) is 0 Å². The van der Waals surface area contributed by atoms with Crippen LogP contribution in [0.2, 0.25) is 0 Å². The Morgan fingerprint density at radius 1 is 1.19 bits per heavy atom. The Balaban J connectivity index is 2.04. The molecular formula is C17H24N2O2. The first kappa shape index (κ1) is 15.5. The van der Waals surface area contributed by atoms with E-state index in [1.807, 2.05) is 0 Å². The monoisotopic (exact) mass is 288 g/mol. The van der Waals surface area contributed by atoms with Crippen molar-refractivity contribution >= 4 is 17.5 Å². The van der Waals surface area contributed by atoms with Gasteiger partial charge in [0.15, 0.2) is 0 Å². The van der Waals surface area contributed by atoms with Crippen molar-refractivity contribution in [1.82, 2.24) is 5.32 Å². The van der Waals surface area contributed by atoms with Crippen LogP contribution in [0.15, 0.2) is 24.3 Å². The van der Waals surface area contributed by atoms with Gasteiger partial charge in [0, 0.05) is 24.2 Å². The molecule has 1 aliphatic rings. The second-order valence-corrected chi connectivity index (χ2v) is 6.11. The third-order valence-electron chi connectivity index (χ3n) is 4.47. The van der Waals surface area contributed by atoms with Gasteiger partial charge in [-0.3, -0.25) is 9.59 Å². The van der Waals surface area contributed by atoms with Crippen LogP contribution in [0.4, 0.5) is 5.69 Å². The van der Waals surface area contributed by atoms with Gasteiger partial charge < -0.3 is 10.6 Å². The summed E-state index contributed by atoms with van der Waals surface area (Å²) in [4.78, 5) is 23.5. The van der Waals surface area contributed by atoms with Crippen molar-refractivity contribution < 1.29 is 9.59 Å². The number of hydrogen-bond acceptors (Lipinski definition) is 2. The first-order valence-corrected chi connectivity index (χ1v) is 7.66. The molecule has 1 aromatic rings. The minimum absolute atomic E-state index is 0.0619. The van der Waals surface area contributed by atoms with Gasteiger partial charge in [-0.05, 0) is 36.5 Å². The Hall–Kier alpha value is -1.84. The van der Waals surface area contributed by atoms with Crippen molar-refractivity contribution in [3.8, 4) is 0 Å². The summed E-state index contributed by atoms with van der Waals surface area (Å²) in [6.45, 7) is 5.92. The van der Waals surface area contributed by atoms with Crippen molar-refractivity contribution in [1.29, 1.82) is 0 Å². The minimum atomic E-state index is -0.137. The van der Waals surface area contributed by atoms with Gasteiger partial charge in [0.05, 0.1) is 0 Å². The molecule has 3 unspecified atom stereocenters. The maximum absolute atomic E-state index is 12.4. The molecular weight excluding hydrogens is 264 g/mol. The number of benzene rings is 1. The number of anilines is 1. The third-order valence-corrected chi connectivity index (χ3v) is 4.47. The quantitative estimate of drug-likeness (QED) is 0.897. The molecule has 1 saturated carbocycles. The smallest absolute Gasteiger partial charge is 0.251 e. The highest BCUT2D eigenvalue weighted by Gasteiger charge is 2.28. The average molecular weight is 288 g/mol. The highest BCUT2D eigenvalue weighted by atomic mass is 16.2. The zero-order valence-corrected chi connectivity index (χ0v) is 13.0. The Morgan fingerprint density at radius 2 is 1.95 bits per heavy atom. The van der Waals surface area contributed by atoms with E-state index in [0.717, 1.165) is 6.42 Å². The molecule has 2 N–H and O–H groups in total. The van der Waals surface area contributed by atoms with Crippen molar-refractivity contribution in [2.24, 2.45) is 11.8 Å². The summed E-state index contributed by atoms with van der Waals surface area (Å²) >= 11 is 0. The van der Waals surface area contributed by atoms with Gasteiger partial charge in [0.25, 0.3) is 5.91 Å². The van der Waals surface area contributed by atoms with Gasteiger partial charge in [0.2, 0.25) is 5.91 Å². The number of nitrogens with one attached hydrogen (secondary N) is 2. The average Bonchev–Trinajstić information content (AvgIpc) is 2.43. The van der Waals surface area contributed by atoms with Crippen LogP contribution in [-0.4, -0.2) is 17.9 Å². The van der Waals surface area contributed by atoms with Gasteiger partial charge >= 0.3 is 0 Å². The van der Waals surface area contributed by atoms with Crippen LogP contribution in [0.3, 0.4) is 0 Å². The van der Waals surface area contributed by atoms with Crippen molar-refractivity contribution in [2.45, 2.75) is 46.1 Å². The molecule has 1 aromatic carbocycles. The fourth-order valence-corrected chi connectivity index (χ4v) is 2.98. The zero-order valence-electron chi connectivity index (χ0n) is 13.0. The van der Waals surface area contributed by atoms with Gasteiger partial charge in [-0.1, -0.05) is 32.8 Å². The molecule has 4 heteroatoms. The van der Waals surface area contributed by atoms with Crippen LogP contribution < -0.4 is 10.6 Å². The maximum Gasteiger partial charge on any atom is 0.251 e. The largest absolute Gasteiger partial charge is 0.349 e. The second kappa shape index (κ2) is 6.74. The van der Waals surface area contributed by atoms with Crippen LogP contribution >= 0.6 is 0 Å². The fraction of sp³-hybridized carbons (Fsp3) is 0.529. The predicted octanol–water partition coefficient (Wildman–Crippen LogP) is 3.20. The lowest BCUT2D eigenvalue weighted by molar-refractivity contribution is -0.114. The van der Waals surface area contributed by atoms with Crippen LogP contribution in [0.5, 0.6) is 0 Å². The Bertz CT molecular complexity index is 527. The number of carbonyl (C=O) groups is 2. The summed E-state index contributed by atoms with van der Waals surface area (Å²) in [7, 11) is 0. The first-order chi connectivity index (χ1) is 9.97. The molecule has 1 aliphatic carbocycles. The van der Waals surface area contributed by atoms with Crippen LogP contribution in [0.25, 0.3) is 0 Å². The third kappa shape index (κ3) is 4.06. The molecule has 0 spiro atoms. The van der Waals surface area contributed by atoms with Crippen molar-refractivity contribution in [2.75, 3.05) is 5.32 Å². The van der Waals surface area contributed by atoms with Crippen LogP contribution in [0.1, 0.15) is 50.4 Å². The van der Waals surface area contributed by atoms with Crippen molar-refractivity contribution in [3.05, 3.63) is 29.8 Å². The van der Waals surface area contributed by atoms with E-state index in [-0.39, 0.29) is 17.9 Å². The number of carbonyl (C=O) groups excluding carboxylic acids is 2. The van der Waals surface area contributed by atoms with Crippen LogP contribution in [-0.2, 0) is 4.79 Å². The van der Waals surface area contributed by atoms with Gasteiger partial charge in [-0.15, -0.1) is 0 Å². The lowest BCUT2D eigenvalue weighted by Gasteiger charge is -2.34. The van der Waals surface area contributed by atoms with E-state index in [1.165, 1.54) is 19.8 Å². The molecule has 1 fully saturated rings. The SMILES string of the molecule is CC(=O)Nc1cccc(C(=O)NC2CCCC(C)C2C)c1. The summed E-state index contributed by atoms with van der Waals surface area (Å²) in [6, 6.07) is 7.30. The molecule has 3 atom stereocenters. The summed E-state index contributed by atoms with van der Waals surface area (Å²) in [5, 5.41) is 5.84. The molecule has 2 rings (SSSR count). The number of amides is 2. The van der Waals surface area contributed by atoms with E-state index in [4.69, 9.17) is 0 Å². The molecule has 4 nitrogen and oxygen atoms in total. The normalized spacial score (nSPS) is 25.2. The Kier molecular flexibility index (Phi) is 4.99. The molecule has 0 radical (unpaired) electrons. The van der Waals surface area contributed by atoms with E-state index in [9.17, 15) is 9.59 Å². The molecule has 2 amide bonds. The lowest BCUT2D eigenvalue weighted by atomic mass is 9.78.